The second-order valence-electron chi connectivity index (χ2n) is 7.19. The second-order valence-corrected chi connectivity index (χ2v) is 7.19. The zero-order valence-corrected chi connectivity index (χ0v) is 15.6. The molecule has 0 aromatic carbocycles. The molecule has 4 N–H and O–H groups in total. The lowest BCUT2D eigenvalue weighted by Gasteiger charge is -2.14. The van der Waals surface area contributed by atoms with Crippen molar-refractivity contribution in [1.29, 1.82) is 0 Å². The van der Waals surface area contributed by atoms with Gasteiger partial charge >= 0.3 is 0 Å². The smallest absolute Gasteiger partial charge is 0.0520 e. The van der Waals surface area contributed by atoms with Crippen LogP contribution < -0.4 is 11.5 Å². The van der Waals surface area contributed by atoms with Gasteiger partial charge in [0.2, 0.25) is 0 Å². The quantitative estimate of drug-likeness (QED) is 0.251. The summed E-state index contributed by atoms with van der Waals surface area (Å²) >= 11 is 0. The van der Waals surface area contributed by atoms with Crippen LogP contribution in [0.5, 0.6) is 0 Å². The first-order valence-corrected chi connectivity index (χ1v) is 10.2. The Labute approximate surface area is 140 Å². The molecular formula is C20H44N2. The van der Waals surface area contributed by atoms with Crippen LogP contribution in [0.25, 0.3) is 0 Å². The van der Waals surface area contributed by atoms with Gasteiger partial charge < -0.3 is 11.5 Å². The Hall–Kier alpha value is -0.0800. The van der Waals surface area contributed by atoms with Gasteiger partial charge in [-0.3, -0.25) is 0 Å². The van der Waals surface area contributed by atoms with E-state index in [1.54, 1.807) is 0 Å². The van der Waals surface area contributed by atoms with Gasteiger partial charge in [0.1, 0.15) is 0 Å². The van der Waals surface area contributed by atoms with Gasteiger partial charge in [0.05, 0.1) is 6.17 Å². The lowest BCUT2D eigenvalue weighted by molar-refractivity contribution is 0.391. The van der Waals surface area contributed by atoms with Crippen LogP contribution in [-0.4, -0.2) is 6.17 Å². The van der Waals surface area contributed by atoms with E-state index in [0.717, 1.165) is 12.3 Å². The minimum Gasteiger partial charge on any atom is -0.316 e. The summed E-state index contributed by atoms with van der Waals surface area (Å²) in [5, 5.41) is 0. The van der Waals surface area contributed by atoms with Crippen molar-refractivity contribution in [2.24, 2.45) is 17.4 Å². The summed E-state index contributed by atoms with van der Waals surface area (Å²) in [6, 6.07) is 0. The van der Waals surface area contributed by atoms with Crippen molar-refractivity contribution in [3.05, 3.63) is 0 Å². The average Bonchev–Trinajstić information content (AvgIpc) is 2.50. The highest BCUT2D eigenvalue weighted by atomic mass is 14.8. The van der Waals surface area contributed by atoms with Gasteiger partial charge in [0.25, 0.3) is 0 Å². The molecule has 0 saturated carbocycles. The first-order valence-electron chi connectivity index (χ1n) is 10.2. The molecule has 0 aromatic rings. The molecule has 0 aliphatic carbocycles. The number of hydrogen-bond acceptors (Lipinski definition) is 2. The van der Waals surface area contributed by atoms with E-state index in [1.165, 1.54) is 96.3 Å². The first-order chi connectivity index (χ1) is 10.7. The molecule has 1 unspecified atom stereocenters. The molecule has 0 spiro atoms. The molecule has 1 atom stereocenters. The molecule has 0 saturated heterocycles. The molecule has 0 aliphatic heterocycles. The Kier molecular flexibility index (Phi) is 17.2. The van der Waals surface area contributed by atoms with Crippen LogP contribution in [0.1, 0.15) is 117 Å². The molecule has 0 amide bonds. The van der Waals surface area contributed by atoms with Gasteiger partial charge in [-0.05, 0) is 12.3 Å². The molecule has 0 aromatic heterocycles. The Morgan fingerprint density at radius 3 is 1.36 bits per heavy atom. The van der Waals surface area contributed by atoms with Gasteiger partial charge in [-0.25, -0.2) is 0 Å². The average molecular weight is 313 g/mol. The maximum absolute atomic E-state index is 5.57. The van der Waals surface area contributed by atoms with Crippen LogP contribution in [0, 0.1) is 5.92 Å². The first kappa shape index (κ1) is 21.9. The van der Waals surface area contributed by atoms with E-state index < -0.39 is 0 Å². The molecular weight excluding hydrogens is 268 g/mol. The van der Waals surface area contributed by atoms with E-state index in [1.807, 2.05) is 0 Å². The molecule has 0 rings (SSSR count). The summed E-state index contributed by atoms with van der Waals surface area (Å²) in [6.45, 7) is 4.65. The zero-order valence-electron chi connectivity index (χ0n) is 15.6. The lowest BCUT2D eigenvalue weighted by Crippen LogP contribution is -2.29. The van der Waals surface area contributed by atoms with Crippen molar-refractivity contribution < 1.29 is 0 Å². The minimum absolute atomic E-state index is 0.106. The standard InChI is InChI=1S/C20H44N2/c1-3-5-6-7-8-9-10-13-16-19(4-2)17-14-11-12-15-18-20(21)22/h19-20H,3-18,21-22H2,1-2H3. The minimum atomic E-state index is -0.106. The predicted molar refractivity (Wildman–Crippen MR) is 101 cm³/mol. The zero-order chi connectivity index (χ0) is 16.5. The van der Waals surface area contributed by atoms with Gasteiger partial charge in [-0.2, -0.15) is 0 Å². The summed E-state index contributed by atoms with van der Waals surface area (Å²) < 4.78 is 0. The Balaban J connectivity index is 3.32. The van der Waals surface area contributed by atoms with Crippen molar-refractivity contribution >= 4 is 0 Å². The Morgan fingerprint density at radius 1 is 0.545 bits per heavy atom. The number of unbranched alkanes of at least 4 members (excludes halogenated alkanes) is 10. The van der Waals surface area contributed by atoms with E-state index in [9.17, 15) is 0 Å². The highest BCUT2D eigenvalue weighted by Gasteiger charge is 2.06. The van der Waals surface area contributed by atoms with E-state index in [4.69, 9.17) is 11.5 Å². The summed E-state index contributed by atoms with van der Waals surface area (Å²) in [7, 11) is 0. The van der Waals surface area contributed by atoms with Crippen molar-refractivity contribution in [2.45, 2.75) is 123 Å². The molecule has 2 heteroatoms. The maximum atomic E-state index is 5.57. The molecule has 0 fully saturated rings. The fourth-order valence-electron chi connectivity index (χ4n) is 3.29. The van der Waals surface area contributed by atoms with E-state index >= 15 is 0 Å². The van der Waals surface area contributed by atoms with Crippen LogP contribution in [-0.2, 0) is 0 Å². The van der Waals surface area contributed by atoms with Crippen LogP contribution in [0.2, 0.25) is 0 Å². The third kappa shape index (κ3) is 16.3. The summed E-state index contributed by atoms with van der Waals surface area (Å²) in [4.78, 5) is 0. The van der Waals surface area contributed by atoms with E-state index in [2.05, 4.69) is 13.8 Å². The summed E-state index contributed by atoms with van der Waals surface area (Å²) in [5.74, 6) is 0.969. The third-order valence-electron chi connectivity index (χ3n) is 4.94. The predicted octanol–water partition coefficient (Wildman–Crippen LogP) is 6.13. The Morgan fingerprint density at radius 2 is 0.955 bits per heavy atom. The van der Waals surface area contributed by atoms with Crippen molar-refractivity contribution in [3.8, 4) is 0 Å². The van der Waals surface area contributed by atoms with Crippen molar-refractivity contribution in [3.63, 3.8) is 0 Å². The molecule has 0 heterocycles. The van der Waals surface area contributed by atoms with E-state index in [0.29, 0.717) is 0 Å². The molecule has 0 bridgehead atoms. The molecule has 134 valence electrons. The maximum Gasteiger partial charge on any atom is 0.0520 e. The summed E-state index contributed by atoms with van der Waals surface area (Å²) in [6.07, 6.45) is 21.9. The van der Waals surface area contributed by atoms with Crippen molar-refractivity contribution in [2.75, 3.05) is 0 Å². The SMILES string of the molecule is CCCCCCCCCCC(CC)CCCCCCC(N)N. The number of hydrogen-bond donors (Lipinski definition) is 2. The van der Waals surface area contributed by atoms with Crippen LogP contribution in [0.3, 0.4) is 0 Å². The van der Waals surface area contributed by atoms with Gasteiger partial charge in [0, 0.05) is 0 Å². The highest BCUT2D eigenvalue weighted by molar-refractivity contribution is 4.60. The highest BCUT2D eigenvalue weighted by Crippen LogP contribution is 2.21. The lowest BCUT2D eigenvalue weighted by atomic mass is 9.92. The second kappa shape index (κ2) is 17.3. The monoisotopic (exact) mass is 312 g/mol. The van der Waals surface area contributed by atoms with Crippen LogP contribution >= 0.6 is 0 Å². The molecule has 22 heavy (non-hydrogen) atoms. The van der Waals surface area contributed by atoms with Gasteiger partial charge in [-0.15, -0.1) is 0 Å². The molecule has 2 nitrogen and oxygen atoms in total. The van der Waals surface area contributed by atoms with Gasteiger partial charge in [-0.1, -0.05) is 110 Å². The molecule has 0 aliphatic rings. The van der Waals surface area contributed by atoms with E-state index in [-0.39, 0.29) is 6.17 Å². The third-order valence-corrected chi connectivity index (χ3v) is 4.94. The normalized spacial score (nSPS) is 13.0. The van der Waals surface area contributed by atoms with Crippen molar-refractivity contribution in [1.82, 2.24) is 0 Å². The van der Waals surface area contributed by atoms with Crippen LogP contribution in [0.15, 0.2) is 0 Å². The topological polar surface area (TPSA) is 52.0 Å². The largest absolute Gasteiger partial charge is 0.316 e. The van der Waals surface area contributed by atoms with Crippen LogP contribution in [0.4, 0.5) is 0 Å². The Bertz CT molecular complexity index is 204. The summed E-state index contributed by atoms with van der Waals surface area (Å²) in [5.41, 5.74) is 11.1. The molecule has 0 radical (unpaired) electrons. The number of nitrogens with two attached hydrogens (primary N) is 2. The number of rotatable bonds is 17. The van der Waals surface area contributed by atoms with Gasteiger partial charge in [0.15, 0.2) is 0 Å². The fraction of sp³-hybridized carbons (Fsp3) is 1.00. The fourth-order valence-corrected chi connectivity index (χ4v) is 3.29.